The van der Waals surface area contributed by atoms with Gasteiger partial charge in [-0.15, -0.1) is 0 Å². The molecule has 0 aliphatic heterocycles. The minimum atomic E-state index is -1.10. The van der Waals surface area contributed by atoms with Gasteiger partial charge in [0.15, 0.2) is 0 Å². The van der Waals surface area contributed by atoms with E-state index in [-0.39, 0.29) is 17.9 Å². The first-order valence-electron chi connectivity index (χ1n) is 8.19. The van der Waals surface area contributed by atoms with Gasteiger partial charge in [0.1, 0.15) is 5.41 Å². The Balaban J connectivity index is 2.02. The van der Waals surface area contributed by atoms with E-state index in [1.54, 1.807) is 13.8 Å². The van der Waals surface area contributed by atoms with Crippen molar-refractivity contribution in [2.75, 3.05) is 5.32 Å². The van der Waals surface area contributed by atoms with Gasteiger partial charge in [-0.2, -0.15) is 0 Å². The number of halogens is 1. The van der Waals surface area contributed by atoms with Gasteiger partial charge in [-0.1, -0.05) is 35.2 Å². The standard InChI is InChI=1S/C18H25BrN2O2/c1-12-11-13(19)9-10-15(12)21-17(23)18(2,3)16(22)20-14-7-5-4-6-8-14/h9-11,14H,4-8H2,1-3H3,(H,20,22)(H,21,23). The van der Waals surface area contributed by atoms with Gasteiger partial charge in [0.2, 0.25) is 11.8 Å². The van der Waals surface area contributed by atoms with Gasteiger partial charge >= 0.3 is 0 Å². The van der Waals surface area contributed by atoms with Crippen LogP contribution in [0.5, 0.6) is 0 Å². The Kier molecular flexibility index (Phi) is 5.84. The van der Waals surface area contributed by atoms with Gasteiger partial charge in [0.05, 0.1) is 0 Å². The van der Waals surface area contributed by atoms with E-state index in [9.17, 15) is 9.59 Å². The second-order valence-corrected chi connectivity index (χ2v) is 7.76. The van der Waals surface area contributed by atoms with Crippen LogP contribution in [0.1, 0.15) is 51.5 Å². The smallest absolute Gasteiger partial charge is 0.239 e. The summed E-state index contributed by atoms with van der Waals surface area (Å²) in [6.07, 6.45) is 5.55. The predicted molar refractivity (Wildman–Crippen MR) is 96.3 cm³/mol. The highest BCUT2D eigenvalue weighted by molar-refractivity contribution is 9.10. The molecule has 5 heteroatoms. The lowest BCUT2D eigenvalue weighted by molar-refractivity contribution is -0.139. The van der Waals surface area contributed by atoms with E-state index in [0.717, 1.165) is 41.4 Å². The third kappa shape index (κ3) is 4.56. The van der Waals surface area contributed by atoms with Crippen LogP contribution in [-0.2, 0) is 9.59 Å². The fourth-order valence-electron chi connectivity index (χ4n) is 2.76. The fraction of sp³-hybridized carbons (Fsp3) is 0.556. The average molecular weight is 381 g/mol. The lowest BCUT2D eigenvalue weighted by atomic mass is 9.88. The number of hydrogen-bond acceptors (Lipinski definition) is 2. The number of carbonyl (C=O) groups excluding carboxylic acids is 2. The largest absolute Gasteiger partial charge is 0.352 e. The molecule has 1 aromatic carbocycles. The molecular formula is C18H25BrN2O2. The lowest BCUT2D eigenvalue weighted by Gasteiger charge is -2.28. The molecule has 0 saturated heterocycles. The number of aryl methyl sites for hydroxylation is 1. The molecule has 1 aliphatic carbocycles. The van der Waals surface area contributed by atoms with Crippen LogP contribution in [-0.4, -0.2) is 17.9 Å². The van der Waals surface area contributed by atoms with Crippen molar-refractivity contribution in [3.8, 4) is 0 Å². The zero-order valence-electron chi connectivity index (χ0n) is 14.0. The lowest BCUT2D eigenvalue weighted by Crippen LogP contribution is -2.49. The molecule has 126 valence electrons. The van der Waals surface area contributed by atoms with Gasteiger partial charge in [-0.05, 0) is 57.4 Å². The maximum atomic E-state index is 12.6. The molecule has 1 aliphatic rings. The number of hydrogen-bond donors (Lipinski definition) is 2. The predicted octanol–water partition coefficient (Wildman–Crippen LogP) is 4.17. The number of benzene rings is 1. The monoisotopic (exact) mass is 380 g/mol. The second-order valence-electron chi connectivity index (χ2n) is 6.85. The zero-order valence-corrected chi connectivity index (χ0v) is 15.6. The second kappa shape index (κ2) is 7.47. The summed E-state index contributed by atoms with van der Waals surface area (Å²) in [5.74, 6) is -0.479. The summed E-state index contributed by atoms with van der Waals surface area (Å²) in [4.78, 5) is 25.1. The molecule has 0 radical (unpaired) electrons. The summed E-state index contributed by atoms with van der Waals surface area (Å²) in [6.45, 7) is 5.28. The van der Waals surface area contributed by atoms with Crippen LogP contribution in [0.25, 0.3) is 0 Å². The minimum Gasteiger partial charge on any atom is -0.352 e. The molecule has 0 aromatic heterocycles. The summed E-state index contributed by atoms with van der Waals surface area (Å²) in [5, 5.41) is 5.92. The molecule has 23 heavy (non-hydrogen) atoms. The first-order chi connectivity index (χ1) is 10.8. The van der Waals surface area contributed by atoms with Gasteiger partial charge in [0, 0.05) is 16.2 Å². The Morgan fingerprint density at radius 2 is 1.78 bits per heavy atom. The summed E-state index contributed by atoms with van der Waals surface area (Å²) in [7, 11) is 0. The van der Waals surface area contributed by atoms with E-state index in [0.29, 0.717) is 0 Å². The Hall–Kier alpha value is -1.36. The van der Waals surface area contributed by atoms with Crippen LogP contribution in [0.4, 0.5) is 5.69 Å². The summed E-state index contributed by atoms with van der Waals surface area (Å²) in [5.41, 5.74) is 0.588. The first-order valence-corrected chi connectivity index (χ1v) is 8.98. The number of carbonyl (C=O) groups is 2. The maximum absolute atomic E-state index is 12.6. The van der Waals surface area contributed by atoms with Crippen LogP contribution in [0.3, 0.4) is 0 Å². The molecule has 2 N–H and O–H groups in total. The third-order valence-corrected chi connectivity index (χ3v) is 5.01. The Bertz CT molecular complexity index is 593. The van der Waals surface area contributed by atoms with Crippen LogP contribution in [0, 0.1) is 12.3 Å². The number of amides is 2. The normalized spacial score (nSPS) is 16.0. The molecule has 0 unspecified atom stereocenters. The van der Waals surface area contributed by atoms with Gasteiger partial charge in [-0.3, -0.25) is 9.59 Å². The SMILES string of the molecule is Cc1cc(Br)ccc1NC(=O)C(C)(C)C(=O)NC1CCCCC1. The summed E-state index contributed by atoms with van der Waals surface area (Å²) < 4.78 is 0.960. The Morgan fingerprint density at radius 1 is 1.13 bits per heavy atom. The van der Waals surface area contributed by atoms with E-state index in [1.165, 1.54) is 6.42 Å². The van der Waals surface area contributed by atoms with Crippen molar-refractivity contribution in [1.82, 2.24) is 5.32 Å². The molecule has 0 spiro atoms. The van der Waals surface area contributed by atoms with Crippen molar-refractivity contribution in [3.05, 3.63) is 28.2 Å². The molecule has 1 fully saturated rings. The molecule has 0 atom stereocenters. The Labute approximate surface area is 146 Å². The van der Waals surface area contributed by atoms with E-state index < -0.39 is 5.41 Å². The molecule has 1 saturated carbocycles. The van der Waals surface area contributed by atoms with Crippen LogP contribution < -0.4 is 10.6 Å². The number of anilines is 1. The fourth-order valence-corrected chi connectivity index (χ4v) is 3.24. The first kappa shape index (κ1) is 18.0. The highest BCUT2D eigenvalue weighted by Crippen LogP contribution is 2.25. The van der Waals surface area contributed by atoms with Crippen molar-refractivity contribution in [2.45, 2.75) is 58.9 Å². The molecule has 0 bridgehead atoms. The van der Waals surface area contributed by atoms with Gasteiger partial charge in [0.25, 0.3) is 0 Å². The summed E-state index contributed by atoms with van der Waals surface area (Å²) >= 11 is 3.40. The molecule has 2 rings (SSSR count). The van der Waals surface area contributed by atoms with Crippen molar-refractivity contribution < 1.29 is 9.59 Å². The van der Waals surface area contributed by atoms with Crippen LogP contribution in [0.2, 0.25) is 0 Å². The quantitative estimate of drug-likeness (QED) is 0.769. The highest BCUT2D eigenvalue weighted by atomic mass is 79.9. The van der Waals surface area contributed by atoms with E-state index in [2.05, 4.69) is 26.6 Å². The maximum Gasteiger partial charge on any atom is 0.239 e. The topological polar surface area (TPSA) is 58.2 Å². The summed E-state index contributed by atoms with van der Waals surface area (Å²) in [6, 6.07) is 5.85. The highest BCUT2D eigenvalue weighted by Gasteiger charge is 2.37. The molecule has 1 aromatic rings. The van der Waals surface area contributed by atoms with Crippen LogP contribution >= 0.6 is 15.9 Å². The molecule has 4 nitrogen and oxygen atoms in total. The van der Waals surface area contributed by atoms with E-state index in [1.807, 2.05) is 25.1 Å². The Morgan fingerprint density at radius 3 is 2.39 bits per heavy atom. The molecule has 2 amide bonds. The minimum absolute atomic E-state index is 0.198. The third-order valence-electron chi connectivity index (χ3n) is 4.51. The van der Waals surface area contributed by atoms with Crippen molar-refractivity contribution in [2.24, 2.45) is 5.41 Å². The van der Waals surface area contributed by atoms with E-state index in [4.69, 9.17) is 0 Å². The van der Waals surface area contributed by atoms with Crippen molar-refractivity contribution >= 4 is 33.4 Å². The number of rotatable bonds is 4. The molecule has 0 heterocycles. The van der Waals surface area contributed by atoms with Gasteiger partial charge in [-0.25, -0.2) is 0 Å². The number of nitrogens with one attached hydrogen (secondary N) is 2. The zero-order chi connectivity index (χ0) is 17.0. The van der Waals surface area contributed by atoms with E-state index >= 15 is 0 Å². The average Bonchev–Trinajstić information content (AvgIpc) is 2.50. The molecular weight excluding hydrogens is 356 g/mol. The van der Waals surface area contributed by atoms with Gasteiger partial charge < -0.3 is 10.6 Å². The van der Waals surface area contributed by atoms with Crippen molar-refractivity contribution in [1.29, 1.82) is 0 Å². The van der Waals surface area contributed by atoms with Crippen molar-refractivity contribution in [3.63, 3.8) is 0 Å². The van der Waals surface area contributed by atoms with Crippen LogP contribution in [0.15, 0.2) is 22.7 Å².